The first-order valence-electron chi connectivity index (χ1n) is 33.6. The van der Waals surface area contributed by atoms with Crippen LogP contribution >= 0.6 is 0 Å². The van der Waals surface area contributed by atoms with E-state index in [0.29, 0.717) is 0 Å². The molecule has 2 atom stereocenters. The Hall–Kier alpha value is -8.26. The van der Waals surface area contributed by atoms with Gasteiger partial charge in [-0.25, -0.2) is 0 Å². The van der Waals surface area contributed by atoms with E-state index in [0.717, 1.165) is 12.8 Å². The van der Waals surface area contributed by atoms with Crippen LogP contribution < -0.4 is 0 Å². The van der Waals surface area contributed by atoms with Gasteiger partial charge in [-0.1, -0.05) is 0 Å². The minimum absolute atomic E-state index is 0.226. The zero-order chi connectivity index (χ0) is 60.7. The van der Waals surface area contributed by atoms with Gasteiger partial charge in [0.2, 0.25) is 0 Å². The van der Waals surface area contributed by atoms with Crippen molar-refractivity contribution in [2.45, 2.75) is 94.6 Å². The summed E-state index contributed by atoms with van der Waals surface area (Å²) < 4.78 is 6.39. The van der Waals surface area contributed by atoms with Crippen LogP contribution in [0.4, 0.5) is 0 Å². The Morgan fingerprint density at radius 2 is 0.522 bits per heavy atom. The molecule has 2 aliphatic rings. The van der Waals surface area contributed by atoms with Gasteiger partial charge < -0.3 is 0 Å². The van der Waals surface area contributed by atoms with E-state index in [-0.39, 0.29) is 7.25 Å². The molecule has 14 aromatic rings. The van der Waals surface area contributed by atoms with E-state index >= 15 is 0 Å². The summed E-state index contributed by atoms with van der Waals surface area (Å²) in [6.45, 7) is 7.32. The van der Waals surface area contributed by atoms with Gasteiger partial charge in [-0.05, 0) is 0 Å². The van der Waals surface area contributed by atoms with E-state index in [2.05, 4.69) is 285 Å². The Morgan fingerprint density at radius 3 is 0.778 bits per heavy atom. The summed E-state index contributed by atoms with van der Waals surface area (Å²) >= 11 is -4.79. The molecule has 0 radical (unpaired) electrons. The first kappa shape index (κ1) is 56.9. The molecule has 0 saturated carbocycles. The molecule has 90 heavy (non-hydrogen) atoms. The zero-order valence-corrected chi connectivity index (χ0v) is 56.6. The summed E-state index contributed by atoms with van der Waals surface area (Å²) in [4.78, 5) is 0. The number of fused-ring (bicyclic) bond motifs is 10. The van der Waals surface area contributed by atoms with Crippen LogP contribution in [0.25, 0.3) is 143 Å². The number of benzene rings is 14. The molecule has 0 spiro atoms. The van der Waals surface area contributed by atoms with Crippen molar-refractivity contribution >= 4 is 105 Å². The molecule has 2 aliphatic carbocycles. The standard InChI is InChI=1S/2C43H35.2CH3.H2Si.Zr/c2*1-2-3-4-5-14-29-25-40-38(42-34-19-10-6-15-30(34)27-31-16-7-11-20-35(31)42)23-24-39(41(40)26-29)43-36-21-12-8-17-32(36)28-33-18-9-13-22-37(33)43;;;;/h2*6-13,15-28H,2-5,14H2,1H3;2*1H3;1H2;. The summed E-state index contributed by atoms with van der Waals surface area (Å²) in [7, 11) is 0. The maximum absolute atomic E-state index is 4.79. The van der Waals surface area contributed by atoms with Crippen LogP contribution in [0.2, 0.25) is 9.26 Å². The number of hydrogen-bond donors (Lipinski definition) is 0. The summed E-state index contributed by atoms with van der Waals surface area (Å²) in [5, 5.41) is 21.0. The van der Waals surface area contributed by atoms with E-state index < -0.39 is 17.4 Å². The zero-order valence-electron chi connectivity index (χ0n) is 52.7. The Kier molecular flexibility index (Phi) is 14.5. The van der Waals surface area contributed by atoms with Gasteiger partial charge in [0, 0.05) is 0 Å². The third kappa shape index (κ3) is 9.37. The van der Waals surface area contributed by atoms with Crippen LogP contribution in [-0.2, 0) is 17.4 Å². The van der Waals surface area contributed by atoms with Crippen molar-refractivity contribution in [1.29, 1.82) is 0 Å². The molecule has 2 unspecified atom stereocenters. The Labute approximate surface area is 533 Å². The molecule has 0 amide bonds. The Bertz CT molecular complexity index is 4850. The minimum atomic E-state index is -4.79. The molecule has 0 nitrogen and oxygen atoms in total. The van der Waals surface area contributed by atoms with E-state index in [1.807, 2.05) is 0 Å². The molecule has 0 aliphatic heterocycles. The molecular formula is C88H78SiZr. The van der Waals surface area contributed by atoms with Crippen molar-refractivity contribution in [1.82, 2.24) is 0 Å². The summed E-state index contributed by atoms with van der Waals surface area (Å²) in [6.07, 6.45) is 17.6. The van der Waals surface area contributed by atoms with Crippen LogP contribution in [0.5, 0.6) is 0 Å². The SMILES string of the molecule is CCCCCCC1=Cc2c(-c3c4ccccc4cc4ccccc34)ccc(-c3c4ccccc4cc4ccccc34)c2[CH]1[Zr]([CH3])([CH3])(=[SiH2])[CH]1C(CCCCCC)=Cc2c(-c3c4ccccc4cc4ccccc34)ccc(-c3c4ccccc4cc4ccccc34)c21. The van der Waals surface area contributed by atoms with Crippen LogP contribution in [-0.4, -0.2) is 6.88 Å². The molecule has 0 N–H and O–H groups in total. The van der Waals surface area contributed by atoms with Gasteiger partial charge in [-0.2, -0.15) is 0 Å². The van der Waals surface area contributed by atoms with E-state index in [4.69, 9.17) is 0 Å². The van der Waals surface area contributed by atoms with Gasteiger partial charge in [0.25, 0.3) is 0 Å². The fourth-order valence-corrected chi connectivity index (χ4v) is 37.1. The fourth-order valence-electron chi connectivity index (χ4n) is 17.5. The summed E-state index contributed by atoms with van der Waals surface area (Å²) in [6, 6.07) is 94.0. The second-order valence-electron chi connectivity index (χ2n) is 27.6. The predicted octanol–water partition coefficient (Wildman–Crippen LogP) is 25.4. The Morgan fingerprint density at radius 1 is 0.289 bits per heavy atom. The van der Waals surface area contributed by atoms with Gasteiger partial charge in [-0.3, -0.25) is 0 Å². The normalized spacial score (nSPS) is 15.0. The Balaban J connectivity index is 1.06. The molecule has 16 rings (SSSR count). The van der Waals surface area contributed by atoms with E-state index in [1.165, 1.54) is 193 Å². The van der Waals surface area contributed by atoms with Crippen molar-refractivity contribution in [2.75, 3.05) is 0 Å². The average Bonchev–Trinajstić information content (AvgIpc) is 1.45. The first-order chi connectivity index (χ1) is 44.2. The fraction of sp³-hybridized carbons (Fsp3) is 0.182. The molecule has 0 aromatic heterocycles. The van der Waals surface area contributed by atoms with Crippen molar-refractivity contribution < 1.29 is 17.4 Å². The number of unbranched alkanes of at least 4 members (excludes halogenated alkanes) is 6. The van der Waals surface area contributed by atoms with E-state index in [1.54, 1.807) is 22.3 Å². The predicted molar refractivity (Wildman–Crippen MR) is 394 cm³/mol. The molecule has 0 fully saturated rings. The quantitative estimate of drug-likeness (QED) is 0.0514. The molecule has 438 valence electrons. The maximum atomic E-state index is 2.97. The third-order valence-corrected chi connectivity index (χ3v) is 38.6. The monoisotopic (exact) mass is 1250 g/mol. The number of hydrogen-bond acceptors (Lipinski definition) is 0. The second-order valence-corrected chi connectivity index (χ2v) is 58.1. The van der Waals surface area contributed by atoms with Crippen LogP contribution in [0, 0.1) is 0 Å². The number of allylic oxidation sites excluding steroid dienone is 2. The molecule has 0 heterocycles. The summed E-state index contributed by atoms with van der Waals surface area (Å²) in [5.74, 6) is 0. The third-order valence-electron chi connectivity index (χ3n) is 21.2. The number of rotatable bonds is 16. The summed E-state index contributed by atoms with van der Waals surface area (Å²) in [5.41, 5.74) is 20.4. The van der Waals surface area contributed by atoms with Crippen molar-refractivity contribution in [3.8, 4) is 44.5 Å². The molecule has 0 bridgehead atoms. The first-order valence-corrected chi connectivity index (χ1v) is 47.3. The molecule has 0 saturated heterocycles. The van der Waals surface area contributed by atoms with Crippen LogP contribution in [0.3, 0.4) is 0 Å². The van der Waals surface area contributed by atoms with Gasteiger partial charge >= 0.3 is 538 Å². The van der Waals surface area contributed by atoms with E-state index in [9.17, 15) is 0 Å². The van der Waals surface area contributed by atoms with Crippen LogP contribution in [0.15, 0.2) is 254 Å². The molecule has 14 aromatic carbocycles. The average molecular weight is 1250 g/mol. The van der Waals surface area contributed by atoms with Gasteiger partial charge in [0.05, 0.1) is 0 Å². The molecular weight excluding hydrogens is 1180 g/mol. The molecule has 2 heteroatoms. The van der Waals surface area contributed by atoms with Crippen molar-refractivity contribution in [3.63, 3.8) is 0 Å². The van der Waals surface area contributed by atoms with Gasteiger partial charge in [-0.15, -0.1) is 0 Å². The van der Waals surface area contributed by atoms with Crippen LogP contribution in [0.1, 0.15) is 108 Å². The van der Waals surface area contributed by atoms with Gasteiger partial charge in [0.15, 0.2) is 0 Å². The topological polar surface area (TPSA) is 0 Å². The van der Waals surface area contributed by atoms with Crippen molar-refractivity contribution in [2.24, 2.45) is 0 Å². The van der Waals surface area contributed by atoms with Gasteiger partial charge in [0.1, 0.15) is 0 Å². The van der Waals surface area contributed by atoms with Crippen molar-refractivity contribution in [3.05, 3.63) is 276 Å². The second kappa shape index (κ2) is 22.9.